The van der Waals surface area contributed by atoms with Crippen molar-refractivity contribution in [1.82, 2.24) is 9.88 Å². The molecule has 2 heterocycles. The zero-order chi connectivity index (χ0) is 19.6. The van der Waals surface area contributed by atoms with Crippen LogP contribution in [0.3, 0.4) is 0 Å². The van der Waals surface area contributed by atoms with E-state index in [-0.39, 0.29) is 0 Å². The van der Waals surface area contributed by atoms with Crippen molar-refractivity contribution < 1.29 is 14.2 Å². The van der Waals surface area contributed by atoms with Gasteiger partial charge in [0.2, 0.25) is 0 Å². The van der Waals surface area contributed by atoms with Gasteiger partial charge in [-0.05, 0) is 12.5 Å². The summed E-state index contributed by atoms with van der Waals surface area (Å²) < 4.78 is 16.6. The van der Waals surface area contributed by atoms with E-state index in [2.05, 4.69) is 9.88 Å². The number of nitriles is 1. The Balaban J connectivity index is 0.00000126. The minimum Gasteiger partial charge on any atom is -0.493 e. The van der Waals surface area contributed by atoms with Crippen LogP contribution in [0.5, 0.6) is 11.5 Å². The van der Waals surface area contributed by atoms with Gasteiger partial charge in [0.25, 0.3) is 0 Å². The molecule has 0 N–H and O–H groups in total. The fourth-order valence-corrected chi connectivity index (χ4v) is 3.06. The van der Waals surface area contributed by atoms with Crippen LogP contribution in [0.2, 0.25) is 5.02 Å². The minimum absolute atomic E-state index is 0.343. The maximum atomic E-state index is 9.07. The molecule has 0 amide bonds. The van der Waals surface area contributed by atoms with E-state index in [0.29, 0.717) is 39.6 Å². The Labute approximate surface area is 165 Å². The summed E-state index contributed by atoms with van der Waals surface area (Å²) in [5.74, 6) is 1.21. The number of hydrogen-bond acceptors (Lipinski definition) is 6. The zero-order valence-corrected chi connectivity index (χ0v) is 16.9. The lowest BCUT2D eigenvalue weighted by molar-refractivity contribution is 0.0357. The van der Waals surface area contributed by atoms with E-state index >= 15 is 0 Å². The van der Waals surface area contributed by atoms with Crippen LogP contribution in [0.25, 0.3) is 10.9 Å². The summed E-state index contributed by atoms with van der Waals surface area (Å²) in [6.07, 6.45) is 2.39. The summed E-state index contributed by atoms with van der Waals surface area (Å²) >= 11 is 6.26. The normalized spacial score (nSPS) is 14.2. The van der Waals surface area contributed by atoms with Crippen molar-refractivity contribution in [3.05, 3.63) is 28.9 Å². The second kappa shape index (κ2) is 10.9. The Hall–Kier alpha value is -2.07. The quantitative estimate of drug-likeness (QED) is 0.696. The van der Waals surface area contributed by atoms with Crippen LogP contribution in [0.4, 0.5) is 0 Å². The van der Waals surface area contributed by atoms with Crippen LogP contribution in [0.15, 0.2) is 18.3 Å². The van der Waals surface area contributed by atoms with Gasteiger partial charge in [-0.15, -0.1) is 0 Å². The van der Waals surface area contributed by atoms with Gasteiger partial charge >= 0.3 is 0 Å². The number of fused-ring (bicyclic) bond motifs is 1. The number of rotatable bonds is 6. The molecule has 1 saturated heterocycles. The molecule has 0 unspecified atom stereocenters. The van der Waals surface area contributed by atoms with Gasteiger partial charge in [0.05, 0.1) is 43.0 Å². The maximum absolute atomic E-state index is 9.07. The smallest absolute Gasteiger partial charge is 0.163 e. The van der Waals surface area contributed by atoms with E-state index in [9.17, 15) is 0 Å². The van der Waals surface area contributed by atoms with Crippen molar-refractivity contribution in [1.29, 1.82) is 5.26 Å². The van der Waals surface area contributed by atoms with E-state index in [0.717, 1.165) is 39.3 Å². The molecule has 3 rings (SSSR count). The number of nitrogens with zero attached hydrogens (tertiary/aromatic N) is 3. The average Bonchev–Trinajstić information content (AvgIpc) is 2.73. The molecule has 0 atom stereocenters. The highest BCUT2D eigenvalue weighted by Crippen LogP contribution is 2.35. The third-order valence-electron chi connectivity index (χ3n) is 4.19. The molecule has 0 aliphatic carbocycles. The number of halogens is 1. The largest absolute Gasteiger partial charge is 0.493 e. The number of ether oxygens (including phenoxy) is 3. The van der Waals surface area contributed by atoms with Crippen molar-refractivity contribution >= 4 is 22.5 Å². The number of hydrogen-bond donors (Lipinski definition) is 0. The lowest BCUT2D eigenvalue weighted by Crippen LogP contribution is -2.37. The molecular formula is C20H26ClN3O3. The fourth-order valence-electron chi connectivity index (χ4n) is 2.81. The molecule has 6 nitrogen and oxygen atoms in total. The number of benzene rings is 1. The number of morpholine rings is 1. The second-order valence-electron chi connectivity index (χ2n) is 5.77. The van der Waals surface area contributed by atoms with Gasteiger partial charge in [0, 0.05) is 37.3 Å². The van der Waals surface area contributed by atoms with Crippen molar-refractivity contribution in [3.63, 3.8) is 0 Å². The third kappa shape index (κ3) is 5.46. The Bertz CT molecular complexity index is 786. The first-order valence-electron chi connectivity index (χ1n) is 9.22. The Morgan fingerprint density at radius 1 is 1.26 bits per heavy atom. The molecular weight excluding hydrogens is 366 g/mol. The predicted octanol–water partition coefficient (Wildman–Crippen LogP) is 3.90. The molecule has 1 fully saturated rings. The SMILES string of the molecule is CC.COc1cc2c(Cl)c(C#N)cnc2cc1OCCCN1CCOCC1. The van der Waals surface area contributed by atoms with E-state index in [1.807, 2.05) is 19.9 Å². The lowest BCUT2D eigenvalue weighted by atomic mass is 10.1. The Morgan fingerprint density at radius 2 is 2.00 bits per heavy atom. The fraction of sp³-hybridized carbons (Fsp3) is 0.500. The van der Waals surface area contributed by atoms with Crippen molar-refractivity contribution in [3.8, 4) is 17.6 Å². The Morgan fingerprint density at radius 3 is 2.67 bits per heavy atom. The van der Waals surface area contributed by atoms with E-state index in [1.54, 1.807) is 19.2 Å². The Kier molecular flexibility index (Phi) is 8.59. The zero-order valence-electron chi connectivity index (χ0n) is 16.1. The third-order valence-corrected chi connectivity index (χ3v) is 4.60. The van der Waals surface area contributed by atoms with E-state index < -0.39 is 0 Å². The summed E-state index contributed by atoms with van der Waals surface area (Å²) in [4.78, 5) is 6.66. The monoisotopic (exact) mass is 391 g/mol. The maximum Gasteiger partial charge on any atom is 0.163 e. The van der Waals surface area contributed by atoms with Crippen LogP contribution in [-0.4, -0.2) is 56.4 Å². The standard InChI is InChI=1S/C18H20ClN3O3.C2H6/c1-23-16-9-14-15(21-12-13(11-20)18(14)19)10-17(16)25-6-2-3-22-4-7-24-8-5-22;1-2/h9-10,12H,2-8H2,1H3;1-2H3. The van der Waals surface area contributed by atoms with Crippen LogP contribution in [0.1, 0.15) is 25.8 Å². The topological polar surface area (TPSA) is 67.6 Å². The molecule has 7 heteroatoms. The van der Waals surface area contributed by atoms with Gasteiger partial charge in [0.15, 0.2) is 11.5 Å². The molecule has 0 radical (unpaired) electrons. The molecule has 0 bridgehead atoms. The molecule has 1 aliphatic heterocycles. The van der Waals surface area contributed by atoms with E-state index in [1.165, 1.54) is 6.20 Å². The first kappa shape index (κ1) is 21.2. The van der Waals surface area contributed by atoms with Gasteiger partial charge in [-0.2, -0.15) is 5.26 Å². The molecule has 1 aromatic heterocycles. The average molecular weight is 392 g/mol. The molecule has 146 valence electrons. The summed E-state index contributed by atoms with van der Waals surface area (Å²) in [7, 11) is 1.58. The summed E-state index contributed by atoms with van der Waals surface area (Å²) in [5, 5.41) is 10.1. The molecule has 1 aliphatic rings. The molecule has 27 heavy (non-hydrogen) atoms. The number of methoxy groups -OCH3 is 1. The minimum atomic E-state index is 0.343. The van der Waals surface area contributed by atoms with Gasteiger partial charge in [-0.3, -0.25) is 9.88 Å². The number of aromatic nitrogens is 1. The molecule has 0 saturated carbocycles. The first-order chi connectivity index (χ1) is 13.2. The van der Waals surface area contributed by atoms with Crippen LogP contribution in [0, 0.1) is 11.3 Å². The van der Waals surface area contributed by atoms with Crippen LogP contribution >= 0.6 is 11.6 Å². The van der Waals surface area contributed by atoms with E-state index in [4.69, 9.17) is 31.1 Å². The first-order valence-corrected chi connectivity index (χ1v) is 9.60. The predicted molar refractivity (Wildman–Crippen MR) is 107 cm³/mol. The summed E-state index contributed by atoms with van der Waals surface area (Å²) in [5.41, 5.74) is 1.02. The highest BCUT2D eigenvalue weighted by molar-refractivity contribution is 6.36. The lowest BCUT2D eigenvalue weighted by Gasteiger charge is -2.26. The highest BCUT2D eigenvalue weighted by Gasteiger charge is 2.13. The molecule has 1 aromatic carbocycles. The van der Waals surface area contributed by atoms with Crippen LogP contribution < -0.4 is 9.47 Å². The highest BCUT2D eigenvalue weighted by atomic mass is 35.5. The number of pyridine rings is 1. The van der Waals surface area contributed by atoms with Crippen molar-refractivity contribution in [2.45, 2.75) is 20.3 Å². The second-order valence-corrected chi connectivity index (χ2v) is 6.15. The summed E-state index contributed by atoms with van der Waals surface area (Å²) in [6.45, 7) is 9.12. The van der Waals surface area contributed by atoms with Gasteiger partial charge < -0.3 is 14.2 Å². The van der Waals surface area contributed by atoms with Crippen molar-refractivity contribution in [2.24, 2.45) is 0 Å². The molecule has 0 spiro atoms. The molecule has 2 aromatic rings. The van der Waals surface area contributed by atoms with Gasteiger partial charge in [-0.25, -0.2) is 0 Å². The van der Waals surface area contributed by atoms with Gasteiger partial charge in [-0.1, -0.05) is 25.4 Å². The van der Waals surface area contributed by atoms with Gasteiger partial charge in [0.1, 0.15) is 6.07 Å². The van der Waals surface area contributed by atoms with Crippen molar-refractivity contribution in [2.75, 3.05) is 46.6 Å². The summed E-state index contributed by atoms with van der Waals surface area (Å²) in [6, 6.07) is 5.60. The van der Waals surface area contributed by atoms with Crippen LogP contribution in [-0.2, 0) is 4.74 Å².